The summed E-state index contributed by atoms with van der Waals surface area (Å²) in [7, 11) is 1.94. The van der Waals surface area contributed by atoms with E-state index in [2.05, 4.69) is 31.3 Å². The smallest absolute Gasteiger partial charge is 0.123 e. The van der Waals surface area contributed by atoms with Crippen molar-refractivity contribution in [2.24, 2.45) is 0 Å². The number of halogens is 2. The van der Waals surface area contributed by atoms with E-state index in [0.717, 1.165) is 17.7 Å². The maximum absolute atomic E-state index is 13.2. The van der Waals surface area contributed by atoms with Crippen molar-refractivity contribution in [3.63, 3.8) is 0 Å². The van der Waals surface area contributed by atoms with E-state index in [-0.39, 0.29) is 18.2 Å². The zero-order valence-corrected chi connectivity index (χ0v) is 12.3. The number of hydrogen-bond donors (Lipinski definition) is 1. The maximum atomic E-state index is 13.2. The summed E-state index contributed by atoms with van der Waals surface area (Å²) in [5, 5.41) is 3.17. The Kier molecular flexibility index (Phi) is 5.52. The van der Waals surface area contributed by atoms with E-state index in [4.69, 9.17) is 0 Å². The zero-order chi connectivity index (χ0) is 13.1. The second-order valence-corrected chi connectivity index (χ2v) is 4.63. The van der Waals surface area contributed by atoms with Gasteiger partial charge in [0.25, 0.3) is 0 Å². The minimum absolute atomic E-state index is 0. The SMILES string of the molecule is CNCc1c(C)cc(-c2cccc(F)c2)cc1C.Cl. The average Bonchev–Trinajstić information content (AvgIpc) is 2.33. The fraction of sp³-hybridized carbons (Fsp3) is 0.250. The van der Waals surface area contributed by atoms with Crippen LogP contribution in [-0.4, -0.2) is 7.05 Å². The molecule has 0 unspecified atom stereocenters. The standard InChI is InChI=1S/C16H18FN.ClH/c1-11-7-14(8-12(2)16(11)10-18-3)13-5-4-6-15(17)9-13;/h4-9,18H,10H2,1-3H3;1H. The molecule has 1 N–H and O–H groups in total. The van der Waals surface area contributed by atoms with E-state index < -0.39 is 0 Å². The van der Waals surface area contributed by atoms with Gasteiger partial charge in [0, 0.05) is 6.54 Å². The molecule has 0 heterocycles. The minimum Gasteiger partial charge on any atom is -0.316 e. The highest BCUT2D eigenvalue weighted by atomic mass is 35.5. The number of hydrogen-bond acceptors (Lipinski definition) is 1. The Morgan fingerprint density at radius 1 is 1.00 bits per heavy atom. The second-order valence-electron chi connectivity index (χ2n) is 4.63. The molecular formula is C16H19ClFN. The van der Waals surface area contributed by atoms with Crippen LogP contribution in [0.25, 0.3) is 11.1 Å². The number of benzene rings is 2. The predicted molar refractivity (Wildman–Crippen MR) is 81.3 cm³/mol. The Morgan fingerprint density at radius 2 is 1.63 bits per heavy atom. The van der Waals surface area contributed by atoms with E-state index >= 15 is 0 Å². The largest absolute Gasteiger partial charge is 0.316 e. The summed E-state index contributed by atoms with van der Waals surface area (Å²) >= 11 is 0. The molecule has 19 heavy (non-hydrogen) atoms. The molecule has 0 amide bonds. The first-order valence-electron chi connectivity index (χ1n) is 6.12. The first-order valence-corrected chi connectivity index (χ1v) is 6.12. The maximum Gasteiger partial charge on any atom is 0.123 e. The van der Waals surface area contributed by atoms with Gasteiger partial charge in [-0.15, -0.1) is 12.4 Å². The Balaban J connectivity index is 0.00000180. The van der Waals surface area contributed by atoms with Crippen LogP contribution in [0.15, 0.2) is 36.4 Å². The normalized spacial score (nSPS) is 10.1. The molecule has 0 aliphatic heterocycles. The van der Waals surface area contributed by atoms with Crippen LogP contribution in [0.5, 0.6) is 0 Å². The van der Waals surface area contributed by atoms with Gasteiger partial charge in [0.2, 0.25) is 0 Å². The summed E-state index contributed by atoms with van der Waals surface area (Å²) < 4.78 is 13.2. The average molecular weight is 280 g/mol. The minimum atomic E-state index is -0.192. The fourth-order valence-corrected chi connectivity index (χ4v) is 2.28. The zero-order valence-electron chi connectivity index (χ0n) is 11.5. The molecule has 2 aromatic carbocycles. The summed E-state index contributed by atoms with van der Waals surface area (Å²) in [6, 6.07) is 11.0. The van der Waals surface area contributed by atoms with Crippen molar-refractivity contribution < 1.29 is 4.39 Å². The van der Waals surface area contributed by atoms with Crippen molar-refractivity contribution in [2.45, 2.75) is 20.4 Å². The molecule has 0 bridgehead atoms. The Bertz CT molecular complexity index is 543. The summed E-state index contributed by atoms with van der Waals surface area (Å²) in [5.41, 5.74) is 5.80. The molecule has 0 aliphatic rings. The van der Waals surface area contributed by atoms with Gasteiger partial charge < -0.3 is 5.32 Å². The molecule has 2 rings (SSSR count). The highest BCUT2D eigenvalue weighted by molar-refractivity contribution is 5.85. The van der Waals surface area contributed by atoms with Crippen LogP contribution in [0.4, 0.5) is 4.39 Å². The van der Waals surface area contributed by atoms with E-state index in [1.165, 1.54) is 22.8 Å². The Hall–Kier alpha value is -1.38. The predicted octanol–water partition coefficient (Wildman–Crippen LogP) is 4.25. The van der Waals surface area contributed by atoms with E-state index in [0.29, 0.717) is 0 Å². The van der Waals surface area contributed by atoms with Crippen molar-refractivity contribution in [1.82, 2.24) is 5.32 Å². The van der Waals surface area contributed by atoms with Crippen LogP contribution in [0.1, 0.15) is 16.7 Å². The van der Waals surface area contributed by atoms with Gasteiger partial charge in [0.15, 0.2) is 0 Å². The lowest BCUT2D eigenvalue weighted by Crippen LogP contribution is -2.08. The van der Waals surface area contributed by atoms with Gasteiger partial charge >= 0.3 is 0 Å². The lowest BCUT2D eigenvalue weighted by molar-refractivity contribution is 0.628. The molecule has 0 spiro atoms. The first kappa shape index (κ1) is 15.7. The van der Waals surface area contributed by atoms with E-state index in [9.17, 15) is 4.39 Å². The van der Waals surface area contributed by atoms with Crippen LogP contribution in [0, 0.1) is 19.7 Å². The molecule has 0 atom stereocenters. The fourth-order valence-electron chi connectivity index (χ4n) is 2.28. The van der Waals surface area contributed by atoms with Crippen LogP contribution in [0.3, 0.4) is 0 Å². The topological polar surface area (TPSA) is 12.0 Å². The first-order chi connectivity index (χ1) is 8.61. The van der Waals surface area contributed by atoms with Crippen LogP contribution in [-0.2, 0) is 6.54 Å². The number of nitrogens with one attached hydrogen (secondary N) is 1. The summed E-state index contributed by atoms with van der Waals surface area (Å²) in [4.78, 5) is 0. The summed E-state index contributed by atoms with van der Waals surface area (Å²) in [6.45, 7) is 5.06. The second kappa shape index (κ2) is 6.69. The van der Waals surface area contributed by atoms with E-state index in [1.54, 1.807) is 12.1 Å². The molecule has 2 aromatic rings. The molecule has 0 fully saturated rings. The summed E-state index contributed by atoms with van der Waals surface area (Å²) in [6.07, 6.45) is 0. The highest BCUT2D eigenvalue weighted by Crippen LogP contribution is 2.25. The third-order valence-corrected chi connectivity index (χ3v) is 3.21. The van der Waals surface area contributed by atoms with Gasteiger partial charge in [-0.05, 0) is 60.8 Å². The van der Waals surface area contributed by atoms with Crippen molar-refractivity contribution >= 4 is 12.4 Å². The third-order valence-electron chi connectivity index (χ3n) is 3.21. The van der Waals surface area contributed by atoms with Crippen LogP contribution < -0.4 is 5.32 Å². The van der Waals surface area contributed by atoms with Crippen molar-refractivity contribution in [3.8, 4) is 11.1 Å². The third kappa shape index (κ3) is 3.55. The lowest BCUT2D eigenvalue weighted by Gasteiger charge is -2.12. The molecule has 1 nitrogen and oxygen atoms in total. The molecule has 0 saturated heterocycles. The highest BCUT2D eigenvalue weighted by Gasteiger charge is 2.06. The molecule has 102 valence electrons. The molecular weight excluding hydrogens is 261 g/mol. The van der Waals surface area contributed by atoms with Crippen LogP contribution >= 0.6 is 12.4 Å². The van der Waals surface area contributed by atoms with Crippen molar-refractivity contribution in [2.75, 3.05) is 7.05 Å². The van der Waals surface area contributed by atoms with Gasteiger partial charge in [-0.1, -0.05) is 24.3 Å². The number of rotatable bonds is 3. The van der Waals surface area contributed by atoms with E-state index in [1.807, 2.05) is 13.1 Å². The molecule has 0 aliphatic carbocycles. The van der Waals surface area contributed by atoms with Crippen LogP contribution in [0.2, 0.25) is 0 Å². The quantitative estimate of drug-likeness (QED) is 0.886. The molecule has 0 saturated carbocycles. The molecule has 3 heteroatoms. The van der Waals surface area contributed by atoms with Crippen molar-refractivity contribution in [1.29, 1.82) is 0 Å². The number of aryl methyl sites for hydroxylation is 2. The summed E-state index contributed by atoms with van der Waals surface area (Å²) in [5.74, 6) is -0.192. The monoisotopic (exact) mass is 279 g/mol. The Labute approximate surface area is 120 Å². The molecule has 0 radical (unpaired) electrons. The van der Waals surface area contributed by atoms with Crippen molar-refractivity contribution in [3.05, 3.63) is 58.9 Å². The lowest BCUT2D eigenvalue weighted by atomic mass is 9.95. The van der Waals surface area contributed by atoms with Gasteiger partial charge in [-0.25, -0.2) is 4.39 Å². The van der Waals surface area contributed by atoms with Gasteiger partial charge in [-0.3, -0.25) is 0 Å². The van der Waals surface area contributed by atoms with Gasteiger partial charge in [0.1, 0.15) is 5.82 Å². The van der Waals surface area contributed by atoms with Gasteiger partial charge in [0.05, 0.1) is 0 Å². The molecule has 0 aromatic heterocycles. The Morgan fingerprint density at radius 3 is 2.16 bits per heavy atom. The van der Waals surface area contributed by atoms with Gasteiger partial charge in [-0.2, -0.15) is 0 Å².